The monoisotopic (exact) mass is 367 g/mol. The van der Waals surface area contributed by atoms with Crippen LogP contribution in [0.25, 0.3) is 0 Å². The van der Waals surface area contributed by atoms with Gasteiger partial charge in [-0.05, 0) is 24.0 Å². The molecule has 2 aromatic rings. The molecule has 0 aliphatic carbocycles. The Hall–Kier alpha value is -2.64. The number of nitrogens with one attached hydrogen (secondary N) is 1. The van der Waals surface area contributed by atoms with Crippen molar-refractivity contribution < 1.29 is 22.4 Å². The second-order valence-electron chi connectivity index (χ2n) is 6.06. The third-order valence-corrected chi connectivity index (χ3v) is 4.35. The van der Waals surface area contributed by atoms with Crippen LogP contribution in [0, 0.1) is 23.5 Å². The van der Waals surface area contributed by atoms with Gasteiger partial charge in [0, 0.05) is 26.1 Å². The number of rotatable bonds is 5. The van der Waals surface area contributed by atoms with Crippen LogP contribution < -0.4 is 5.32 Å². The largest absolute Gasteiger partial charge is 0.380 e. The van der Waals surface area contributed by atoms with E-state index in [9.17, 15) is 22.4 Å². The zero-order valence-electron chi connectivity index (χ0n) is 13.9. The van der Waals surface area contributed by atoms with Crippen LogP contribution in [0.2, 0.25) is 0 Å². The van der Waals surface area contributed by atoms with Crippen LogP contribution in [-0.2, 0) is 17.8 Å². The predicted octanol–water partition coefficient (Wildman–Crippen LogP) is 3.42. The first kappa shape index (κ1) is 18.2. The van der Waals surface area contributed by atoms with Crippen molar-refractivity contribution in [3.05, 3.63) is 58.9 Å². The van der Waals surface area contributed by atoms with Crippen molar-refractivity contribution in [3.8, 4) is 0 Å². The molecule has 1 aromatic heterocycles. The topological polar surface area (TPSA) is 45.2 Å². The lowest BCUT2D eigenvalue weighted by Crippen LogP contribution is -2.36. The van der Waals surface area contributed by atoms with E-state index in [1.54, 1.807) is 4.90 Å². The molecule has 0 spiro atoms. The lowest BCUT2D eigenvalue weighted by Gasteiger charge is -2.29. The fourth-order valence-electron chi connectivity index (χ4n) is 2.96. The van der Waals surface area contributed by atoms with E-state index in [0.717, 1.165) is 12.0 Å². The average molecular weight is 367 g/mol. The summed E-state index contributed by atoms with van der Waals surface area (Å²) in [5.74, 6) is -6.66. The normalized spacial score (nSPS) is 13.5. The summed E-state index contributed by atoms with van der Waals surface area (Å²) >= 11 is 0. The lowest BCUT2D eigenvalue weighted by atomic mass is 9.99. The van der Waals surface area contributed by atoms with Crippen LogP contribution in [0.15, 0.2) is 24.3 Å². The van der Waals surface area contributed by atoms with Crippen molar-refractivity contribution >= 4 is 11.6 Å². The summed E-state index contributed by atoms with van der Waals surface area (Å²) in [5.41, 5.74) is 1.43. The third-order valence-electron chi connectivity index (χ3n) is 4.35. The van der Waals surface area contributed by atoms with Gasteiger partial charge in [-0.2, -0.15) is 22.5 Å². The molecule has 4 nitrogen and oxygen atoms in total. The van der Waals surface area contributed by atoms with Crippen LogP contribution in [0.3, 0.4) is 0 Å². The van der Waals surface area contributed by atoms with E-state index in [1.165, 1.54) is 5.56 Å². The fraction of sp³-hybridized carbons (Fsp3) is 0.333. The minimum atomic E-state index is -1.71. The average Bonchev–Trinajstić information content (AvgIpc) is 2.65. The van der Waals surface area contributed by atoms with Crippen molar-refractivity contribution in [1.82, 2.24) is 9.88 Å². The molecule has 0 atom stereocenters. The number of amides is 1. The van der Waals surface area contributed by atoms with Gasteiger partial charge in [-0.3, -0.25) is 4.79 Å². The summed E-state index contributed by atoms with van der Waals surface area (Å²) in [5, 5.41) is 2.30. The highest BCUT2D eigenvalue weighted by Crippen LogP contribution is 2.22. The Morgan fingerprint density at radius 3 is 2.42 bits per heavy atom. The molecule has 1 aliphatic rings. The van der Waals surface area contributed by atoms with Crippen LogP contribution in [0.5, 0.6) is 0 Å². The summed E-state index contributed by atoms with van der Waals surface area (Å²) in [7, 11) is 0. The summed E-state index contributed by atoms with van der Waals surface area (Å²) in [4.78, 5) is 16.5. The van der Waals surface area contributed by atoms with Gasteiger partial charge in [-0.25, -0.2) is 0 Å². The van der Waals surface area contributed by atoms with Gasteiger partial charge < -0.3 is 10.2 Å². The summed E-state index contributed by atoms with van der Waals surface area (Å²) in [6.45, 7) is 1.15. The molecule has 1 N–H and O–H groups in total. The highest BCUT2D eigenvalue weighted by Gasteiger charge is 2.22. The van der Waals surface area contributed by atoms with Crippen LogP contribution in [-0.4, -0.2) is 28.9 Å². The molecule has 1 amide bonds. The maximum atomic E-state index is 13.5. The predicted molar refractivity (Wildman–Crippen MR) is 87.4 cm³/mol. The molecule has 0 bridgehead atoms. The molecule has 1 aromatic carbocycles. The second kappa shape index (κ2) is 7.72. The molecule has 2 heterocycles. The summed E-state index contributed by atoms with van der Waals surface area (Å²) < 4.78 is 53.0. The first-order chi connectivity index (χ1) is 12.5. The minimum Gasteiger partial charge on any atom is -0.380 e. The number of fused-ring (bicyclic) bond motifs is 1. The van der Waals surface area contributed by atoms with E-state index in [2.05, 4.69) is 10.3 Å². The van der Waals surface area contributed by atoms with E-state index in [4.69, 9.17) is 0 Å². The number of halogens is 4. The molecule has 138 valence electrons. The van der Waals surface area contributed by atoms with E-state index in [1.807, 2.05) is 24.3 Å². The first-order valence-electron chi connectivity index (χ1n) is 8.25. The van der Waals surface area contributed by atoms with Crippen LogP contribution >= 0.6 is 0 Å². The quantitative estimate of drug-likeness (QED) is 0.500. The van der Waals surface area contributed by atoms with Gasteiger partial charge in [0.05, 0.1) is 0 Å². The van der Waals surface area contributed by atoms with E-state index >= 15 is 0 Å². The molecule has 3 rings (SSSR count). The van der Waals surface area contributed by atoms with Crippen molar-refractivity contribution in [1.29, 1.82) is 0 Å². The number of carbonyl (C=O) groups excluding carboxylic acids is 1. The minimum absolute atomic E-state index is 0.00704. The number of hydrogen-bond donors (Lipinski definition) is 1. The maximum Gasteiger partial charge on any atom is 0.253 e. The SMILES string of the molecule is O=C(CCCNc1c(F)c(F)nc(F)c1F)N1CCc2ccccc2C1. The van der Waals surface area contributed by atoms with Gasteiger partial charge in [0.15, 0.2) is 0 Å². The van der Waals surface area contributed by atoms with Crippen molar-refractivity contribution in [2.24, 2.45) is 0 Å². The highest BCUT2D eigenvalue weighted by molar-refractivity contribution is 5.76. The molecular weight excluding hydrogens is 350 g/mol. The van der Waals surface area contributed by atoms with E-state index < -0.39 is 29.2 Å². The first-order valence-corrected chi connectivity index (χ1v) is 8.25. The third kappa shape index (κ3) is 3.79. The van der Waals surface area contributed by atoms with Gasteiger partial charge in [-0.1, -0.05) is 24.3 Å². The Balaban J connectivity index is 1.51. The molecule has 8 heteroatoms. The Morgan fingerprint density at radius 2 is 1.73 bits per heavy atom. The zero-order chi connectivity index (χ0) is 18.7. The molecule has 0 unspecified atom stereocenters. The number of anilines is 1. The molecule has 0 radical (unpaired) electrons. The van der Waals surface area contributed by atoms with Gasteiger partial charge in [-0.15, -0.1) is 0 Å². The number of aromatic nitrogens is 1. The Bertz CT molecular complexity index is 802. The molecular formula is C18H17F4N3O. The maximum absolute atomic E-state index is 13.5. The van der Waals surface area contributed by atoms with Crippen LogP contribution in [0.4, 0.5) is 23.2 Å². The van der Waals surface area contributed by atoms with Crippen molar-refractivity contribution in [3.63, 3.8) is 0 Å². The lowest BCUT2D eigenvalue weighted by molar-refractivity contribution is -0.132. The Morgan fingerprint density at radius 1 is 1.08 bits per heavy atom. The van der Waals surface area contributed by atoms with Crippen molar-refractivity contribution in [2.45, 2.75) is 25.8 Å². The van der Waals surface area contributed by atoms with Gasteiger partial charge in [0.2, 0.25) is 17.5 Å². The summed E-state index contributed by atoms with van der Waals surface area (Å²) in [6.07, 6.45) is 1.21. The number of carbonyl (C=O) groups is 1. The van der Waals surface area contributed by atoms with E-state index in [-0.39, 0.29) is 25.3 Å². The van der Waals surface area contributed by atoms with Gasteiger partial charge in [0.1, 0.15) is 5.69 Å². The standard InChI is InChI=1S/C18H17F4N3O/c19-14-16(15(20)18(22)24-17(14)21)23-8-3-6-13(26)25-9-7-11-4-1-2-5-12(11)10-25/h1-2,4-5H,3,6-10H2,(H,23,24). The number of pyridine rings is 1. The fourth-order valence-corrected chi connectivity index (χ4v) is 2.96. The zero-order valence-corrected chi connectivity index (χ0v) is 13.9. The smallest absolute Gasteiger partial charge is 0.253 e. The van der Waals surface area contributed by atoms with E-state index in [0.29, 0.717) is 13.1 Å². The number of hydrogen-bond acceptors (Lipinski definition) is 3. The highest BCUT2D eigenvalue weighted by atomic mass is 19.2. The number of nitrogens with zero attached hydrogens (tertiary/aromatic N) is 2. The number of benzene rings is 1. The van der Waals surface area contributed by atoms with Crippen molar-refractivity contribution in [2.75, 3.05) is 18.4 Å². The second-order valence-corrected chi connectivity index (χ2v) is 6.06. The molecule has 26 heavy (non-hydrogen) atoms. The van der Waals surface area contributed by atoms with Gasteiger partial charge >= 0.3 is 0 Å². The Labute approximate surface area is 147 Å². The summed E-state index contributed by atoms with van der Waals surface area (Å²) in [6, 6.07) is 7.91. The Kier molecular flexibility index (Phi) is 5.39. The van der Waals surface area contributed by atoms with Crippen LogP contribution in [0.1, 0.15) is 24.0 Å². The molecule has 1 aliphatic heterocycles. The molecule has 0 saturated carbocycles. The molecule has 0 saturated heterocycles. The van der Waals surface area contributed by atoms with Gasteiger partial charge in [0.25, 0.3) is 11.9 Å². The molecule has 0 fully saturated rings.